The molecule has 0 aromatic heterocycles. The molecule has 0 unspecified atom stereocenters. The second kappa shape index (κ2) is 8.87. The van der Waals surface area contributed by atoms with E-state index in [1.54, 1.807) is 14.0 Å². The van der Waals surface area contributed by atoms with E-state index in [-0.39, 0.29) is 0 Å². The number of methoxy groups -OCH3 is 1. The highest BCUT2D eigenvalue weighted by Gasteiger charge is 2.05. The lowest BCUT2D eigenvalue weighted by molar-refractivity contribution is -0.136. The van der Waals surface area contributed by atoms with Crippen molar-refractivity contribution in [2.75, 3.05) is 31.7 Å². The number of benzene rings is 1. The van der Waals surface area contributed by atoms with Crippen molar-refractivity contribution in [3.63, 3.8) is 0 Å². The number of hydrogen-bond acceptors (Lipinski definition) is 4. The zero-order chi connectivity index (χ0) is 14.8. The Morgan fingerprint density at radius 3 is 2.80 bits per heavy atom. The standard InChI is InChI=1S/C16H21NO3/c1-4-11-17(12-7-10-16(18)20-5-2)14-8-6-9-15(13-14)19-3/h6,8-9,13H,4-5,11-12H2,1-3H3. The molecule has 1 rings (SSSR count). The van der Waals surface area contributed by atoms with E-state index in [0.717, 1.165) is 24.4 Å². The van der Waals surface area contributed by atoms with Gasteiger partial charge in [0.05, 0.1) is 20.3 Å². The van der Waals surface area contributed by atoms with Crippen LogP contribution < -0.4 is 9.64 Å². The van der Waals surface area contributed by atoms with Gasteiger partial charge in [0.2, 0.25) is 0 Å². The molecule has 1 aromatic rings. The zero-order valence-corrected chi connectivity index (χ0v) is 12.3. The molecule has 0 bridgehead atoms. The monoisotopic (exact) mass is 275 g/mol. The summed E-state index contributed by atoms with van der Waals surface area (Å²) in [5.41, 5.74) is 1.03. The maximum absolute atomic E-state index is 11.2. The molecule has 0 amide bonds. The molecule has 0 atom stereocenters. The first-order valence-corrected chi connectivity index (χ1v) is 6.75. The number of carbonyl (C=O) groups is 1. The molecule has 0 N–H and O–H groups in total. The van der Waals surface area contributed by atoms with Gasteiger partial charge in [-0.15, -0.1) is 0 Å². The van der Waals surface area contributed by atoms with Crippen LogP contribution in [0.2, 0.25) is 0 Å². The highest BCUT2D eigenvalue weighted by Crippen LogP contribution is 2.20. The normalized spacial score (nSPS) is 9.35. The Labute approximate surface area is 120 Å². The van der Waals surface area contributed by atoms with Gasteiger partial charge in [0, 0.05) is 24.2 Å². The molecule has 108 valence electrons. The highest BCUT2D eigenvalue weighted by molar-refractivity contribution is 5.88. The van der Waals surface area contributed by atoms with Gasteiger partial charge in [-0.25, -0.2) is 4.79 Å². The van der Waals surface area contributed by atoms with Crippen LogP contribution in [0.3, 0.4) is 0 Å². The summed E-state index contributed by atoms with van der Waals surface area (Å²) in [7, 11) is 1.64. The third kappa shape index (κ3) is 5.23. The Bertz CT molecular complexity index is 488. The third-order valence-corrected chi connectivity index (χ3v) is 2.65. The lowest BCUT2D eigenvalue weighted by atomic mass is 10.2. The Morgan fingerprint density at radius 2 is 2.15 bits per heavy atom. The first kappa shape index (κ1) is 15.9. The van der Waals surface area contributed by atoms with E-state index in [4.69, 9.17) is 9.47 Å². The van der Waals surface area contributed by atoms with Gasteiger partial charge in [-0.1, -0.05) is 18.9 Å². The SMILES string of the molecule is CCCN(CC#CC(=O)OCC)c1cccc(OC)c1. The topological polar surface area (TPSA) is 38.8 Å². The van der Waals surface area contributed by atoms with E-state index in [1.165, 1.54) is 0 Å². The van der Waals surface area contributed by atoms with Crippen molar-refractivity contribution in [2.24, 2.45) is 0 Å². The lowest BCUT2D eigenvalue weighted by Gasteiger charge is -2.22. The van der Waals surface area contributed by atoms with Crippen LogP contribution in [0.5, 0.6) is 5.75 Å². The molecule has 0 aliphatic rings. The van der Waals surface area contributed by atoms with Gasteiger partial charge in [-0.2, -0.15) is 0 Å². The van der Waals surface area contributed by atoms with Crippen LogP contribution in [0.25, 0.3) is 0 Å². The minimum Gasteiger partial charge on any atom is -0.497 e. The van der Waals surface area contributed by atoms with Crippen molar-refractivity contribution in [3.05, 3.63) is 24.3 Å². The quantitative estimate of drug-likeness (QED) is 0.454. The first-order valence-electron chi connectivity index (χ1n) is 6.75. The molecule has 0 spiro atoms. The molecule has 0 radical (unpaired) electrons. The van der Waals surface area contributed by atoms with Crippen molar-refractivity contribution in [1.82, 2.24) is 0 Å². The summed E-state index contributed by atoms with van der Waals surface area (Å²) in [5.74, 6) is 5.67. The van der Waals surface area contributed by atoms with Gasteiger partial charge < -0.3 is 14.4 Å². The smallest absolute Gasteiger partial charge is 0.384 e. The average Bonchev–Trinajstić information content (AvgIpc) is 2.46. The van der Waals surface area contributed by atoms with Gasteiger partial charge in [0.1, 0.15) is 5.75 Å². The predicted molar refractivity (Wildman–Crippen MR) is 79.9 cm³/mol. The summed E-state index contributed by atoms with van der Waals surface area (Å²) >= 11 is 0. The molecule has 1 aromatic carbocycles. The fourth-order valence-electron chi connectivity index (χ4n) is 1.75. The van der Waals surface area contributed by atoms with Crippen LogP contribution in [-0.4, -0.2) is 32.8 Å². The van der Waals surface area contributed by atoms with Crippen molar-refractivity contribution >= 4 is 11.7 Å². The van der Waals surface area contributed by atoms with Gasteiger partial charge in [0.15, 0.2) is 0 Å². The maximum Gasteiger partial charge on any atom is 0.384 e. The van der Waals surface area contributed by atoms with Crippen LogP contribution in [0, 0.1) is 11.8 Å². The van der Waals surface area contributed by atoms with Gasteiger partial charge >= 0.3 is 5.97 Å². The van der Waals surface area contributed by atoms with Gasteiger partial charge in [-0.05, 0) is 25.5 Å². The maximum atomic E-state index is 11.2. The summed E-state index contributed by atoms with van der Waals surface area (Å²) in [6.45, 7) is 5.57. The largest absolute Gasteiger partial charge is 0.497 e. The molecule has 0 saturated carbocycles. The molecule has 0 aliphatic carbocycles. The molecule has 0 aliphatic heterocycles. The molecule has 0 saturated heterocycles. The molecular formula is C16H21NO3. The van der Waals surface area contributed by atoms with Crippen molar-refractivity contribution < 1.29 is 14.3 Å². The van der Waals surface area contributed by atoms with Crippen LogP contribution in [0.1, 0.15) is 20.3 Å². The number of rotatable bonds is 6. The summed E-state index contributed by atoms with van der Waals surface area (Å²) in [6.07, 6.45) is 0.998. The van der Waals surface area contributed by atoms with Crippen LogP contribution in [-0.2, 0) is 9.53 Å². The van der Waals surface area contributed by atoms with E-state index in [0.29, 0.717) is 13.2 Å². The highest BCUT2D eigenvalue weighted by atomic mass is 16.5. The zero-order valence-electron chi connectivity index (χ0n) is 12.3. The molecule has 0 heterocycles. The Hall–Kier alpha value is -2.15. The van der Waals surface area contributed by atoms with Crippen LogP contribution in [0.15, 0.2) is 24.3 Å². The van der Waals surface area contributed by atoms with E-state index < -0.39 is 5.97 Å². The molecule has 20 heavy (non-hydrogen) atoms. The van der Waals surface area contributed by atoms with Crippen LogP contribution in [0.4, 0.5) is 5.69 Å². The van der Waals surface area contributed by atoms with Crippen LogP contribution >= 0.6 is 0 Å². The minimum absolute atomic E-state index is 0.349. The number of carbonyl (C=O) groups excluding carboxylic acids is 1. The Morgan fingerprint density at radius 1 is 1.35 bits per heavy atom. The average molecular weight is 275 g/mol. The lowest BCUT2D eigenvalue weighted by Crippen LogP contribution is -2.24. The second-order valence-corrected chi connectivity index (χ2v) is 4.15. The third-order valence-electron chi connectivity index (χ3n) is 2.65. The molecule has 0 fully saturated rings. The van der Waals surface area contributed by atoms with E-state index in [1.807, 2.05) is 24.3 Å². The molecular weight excluding hydrogens is 254 g/mol. The number of esters is 1. The molecule has 4 heteroatoms. The summed E-state index contributed by atoms with van der Waals surface area (Å²) in [4.78, 5) is 13.3. The first-order chi connectivity index (χ1) is 9.71. The van der Waals surface area contributed by atoms with E-state index in [9.17, 15) is 4.79 Å². The van der Waals surface area contributed by atoms with E-state index >= 15 is 0 Å². The Kier molecular flexibility index (Phi) is 7.05. The van der Waals surface area contributed by atoms with Crippen molar-refractivity contribution in [2.45, 2.75) is 20.3 Å². The number of nitrogens with zero attached hydrogens (tertiary/aromatic N) is 1. The summed E-state index contributed by atoms with van der Waals surface area (Å²) < 4.78 is 10.00. The number of ether oxygens (including phenoxy) is 2. The van der Waals surface area contributed by atoms with Crippen molar-refractivity contribution in [1.29, 1.82) is 0 Å². The fourth-order valence-corrected chi connectivity index (χ4v) is 1.75. The van der Waals surface area contributed by atoms with Gasteiger partial charge in [-0.3, -0.25) is 0 Å². The van der Waals surface area contributed by atoms with Crippen molar-refractivity contribution in [3.8, 4) is 17.6 Å². The minimum atomic E-state index is -0.477. The predicted octanol–water partition coefficient (Wildman–Crippen LogP) is 2.48. The summed E-state index contributed by atoms with van der Waals surface area (Å²) in [6, 6.07) is 7.81. The fraction of sp³-hybridized carbons (Fsp3) is 0.438. The number of hydrogen-bond donors (Lipinski definition) is 0. The summed E-state index contributed by atoms with van der Waals surface area (Å²) in [5, 5.41) is 0. The second-order valence-electron chi connectivity index (χ2n) is 4.15. The molecule has 4 nitrogen and oxygen atoms in total. The van der Waals surface area contributed by atoms with E-state index in [2.05, 4.69) is 23.7 Å². The van der Waals surface area contributed by atoms with Gasteiger partial charge in [0.25, 0.3) is 0 Å². The number of anilines is 1. The Balaban J connectivity index is 2.75.